The van der Waals surface area contributed by atoms with Gasteiger partial charge in [-0.15, -0.1) is 0 Å². The molecule has 1 amide bonds. The second-order valence-corrected chi connectivity index (χ2v) is 9.11. The molecule has 33 heavy (non-hydrogen) atoms. The fourth-order valence-electron chi connectivity index (χ4n) is 5.32. The van der Waals surface area contributed by atoms with Gasteiger partial charge >= 0.3 is 0 Å². The van der Waals surface area contributed by atoms with Crippen LogP contribution in [-0.2, 0) is 11.3 Å². The van der Waals surface area contributed by atoms with E-state index in [1.807, 2.05) is 30.3 Å². The fourth-order valence-corrected chi connectivity index (χ4v) is 5.32. The van der Waals surface area contributed by atoms with Crippen molar-refractivity contribution in [2.75, 3.05) is 24.5 Å². The predicted molar refractivity (Wildman–Crippen MR) is 129 cm³/mol. The molecule has 0 unspecified atom stereocenters. The molecule has 3 aromatic carbocycles. The number of oxazole rings is 1. The second-order valence-electron chi connectivity index (χ2n) is 9.11. The molecule has 2 aliphatic heterocycles. The van der Waals surface area contributed by atoms with Gasteiger partial charge in [0.05, 0.1) is 0 Å². The Morgan fingerprint density at radius 3 is 2.42 bits per heavy atom. The minimum Gasteiger partial charge on any atom is -0.423 e. The van der Waals surface area contributed by atoms with Crippen molar-refractivity contribution in [1.29, 1.82) is 0 Å². The van der Waals surface area contributed by atoms with E-state index < -0.39 is 0 Å². The minimum atomic E-state index is 0.0484. The summed E-state index contributed by atoms with van der Waals surface area (Å²) in [6.07, 6.45) is 1.65. The Kier molecular flexibility index (Phi) is 5.10. The molecule has 1 aromatic heterocycles. The average Bonchev–Trinajstić information content (AvgIpc) is 3.33. The number of anilines is 1. The van der Waals surface area contributed by atoms with E-state index in [4.69, 9.17) is 4.42 Å². The van der Waals surface area contributed by atoms with Crippen molar-refractivity contribution < 1.29 is 9.21 Å². The molecule has 5 nitrogen and oxygen atoms in total. The van der Waals surface area contributed by atoms with Crippen molar-refractivity contribution in [2.24, 2.45) is 5.92 Å². The predicted octanol–water partition coefficient (Wildman–Crippen LogP) is 5.22. The van der Waals surface area contributed by atoms with Crippen LogP contribution in [0.5, 0.6) is 0 Å². The lowest BCUT2D eigenvalue weighted by Gasteiger charge is -2.38. The third-order valence-corrected chi connectivity index (χ3v) is 7.11. The standard InChI is InChI=1S/C28H27N3O2/c32-27(21-14-16-30(17-15-21)28-29-25-12-6-7-13-26(25)33-28)31-18-22-10-4-5-11-23(22)24(19-31)20-8-2-1-3-9-20/h1-13,21,24H,14-19H2/t24-/m0/s1. The number of piperidine rings is 1. The van der Waals surface area contributed by atoms with Crippen molar-refractivity contribution in [3.63, 3.8) is 0 Å². The summed E-state index contributed by atoms with van der Waals surface area (Å²) in [6, 6.07) is 27.6. The first-order valence-electron chi connectivity index (χ1n) is 11.8. The third kappa shape index (κ3) is 3.78. The monoisotopic (exact) mass is 437 g/mol. The van der Waals surface area contributed by atoms with E-state index in [2.05, 4.69) is 63.3 Å². The lowest BCUT2D eigenvalue weighted by atomic mass is 9.84. The van der Waals surface area contributed by atoms with Crippen molar-refractivity contribution in [2.45, 2.75) is 25.3 Å². The summed E-state index contributed by atoms with van der Waals surface area (Å²) >= 11 is 0. The van der Waals surface area contributed by atoms with Crippen LogP contribution >= 0.6 is 0 Å². The van der Waals surface area contributed by atoms with Crippen molar-refractivity contribution in [1.82, 2.24) is 9.88 Å². The highest BCUT2D eigenvalue weighted by Gasteiger charge is 2.34. The molecular formula is C28H27N3O2. The van der Waals surface area contributed by atoms with Crippen molar-refractivity contribution in [3.8, 4) is 0 Å². The van der Waals surface area contributed by atoms with Gasteiger partial charge in [0.25, 0.3) is 6.01 Å². The van der Waals surface area contributed by atoms with E-state index in [9.17, 15) is 4.79 Å². The Morgan fingerprint density at radius 1 is 0.879 bits per heavy atom. The van der Waals surface area contributed by atoms with Gasteiger partial charge in [-0.05, 0) is 41.7 Å². The number of para-hydroxylation sites is 2. The van der Waals surface area contributed by atoms with E-state index in [0.29, 0.717) is 12.6 Å². The lowest BCUT2D eigenvalue weighted by Crippen LogP contribution is -2.45. The quantitative estimate of drug-likeness (QED) is 0.441. The number of benzene rings is 3. The van der Waals surface area contributed by atoms with Crippen LogP contribution in [0.1, 0.15) is 35.4 Å². The van der Waals surface area contributed by atoms with Crippen molar-refractivity contribution in [3.05, 3.63) is 95.6 Å². The molecule has 0 N–H and O–H groups in total. The first-order chi connectivity index (χ1) is 16.3. The van der Waals surface area contributed by atoms with E-state index in [0.717, 1.165) is 43.6 Å². The van der Waals surface area contributed by atoms with Crippen LogP contribution in [0.4, 0.5) is 6.01 Å². The zero-order chi connectivity index (χ0) is 22.2. The Bertz CT molecular complexity index is 1240. The number of hydrogen-bond acceptors (Lipinski definition) is 4. The van der Waals surface area contributed by atoms with E-state index in [-0.39, 0.29) is 17.7 Å². The van der Waals surface area contributed by atoms with Gasteiger partial charge in [-0.3, -0.25) is 4.79 Å². The molecular weight excluding hydrogens is 410 g/mol. The van der Waals surface area contributed by atoms with Crippen LogP contribution in [-0.4, -0.2) is 35.4 Å². The Labute approximate surface area is 193 Å². The molecule has 0 aliphatic carbocycles. The Hall–Kier alpha value is -3.60. The number of rotatable bonds is 3. The van der Waals surface area contributed by atoms with Crippen LogP contribution in [0.15, 0.2) is 83.3 Å². The summed E-state index contributed by atoms with van der Waals surface area (Å²) < 4.78 is 5.94. The largest absolute Gasteiger partial charge is 0.423 e. The maximum atomic E-state index is 13.6. The van der Waals surface area contributed by atoms with Gasteiger partial charge in [-0.2, -0.15) is 4.98 Å². The number of carbonyl (C=O) groups excluding carboxylic acids is 1. The highest BCUT2D eigenvalue weighted by atomic mass is 16.4. The summed E-state index contributed by atoms with van der Waals surface area (Å²) in [5, 5.41) is 0. The smallest absolute Gasteiger partial charge is 0.298 e. The normalized spacial score (nSPS) is 19.0. The van der Waals surface area contributed by atoms with Gasteiger partial charge in [0, 0.05) is 38.0 Å². The first kappa shape index (κ1) is 20.0. The molecule has 0 radical (unpaired) electrons. The van der Waals surface area contributed by atoms with Crippen LogP contribution in [0.3, 0.4) is 0 Å². The van der Waals surface area contributed by atoms with Crippen LogP contribution in [0.2, 0.25) is 0 Å². The van der Waals surface area contributed by atoms with Gasteiger partial charge < -0.3 is 14.2 Å². The van der Waals surface area contributed by atoms with Gasteiger partial charge in [-0.25, -0.2) is 0 Å². The maximum Gasteiger partial charge on any atom is 0.298 e. The number of carbonyl (C=O) groups is 1. The molecule has 1 fully saturated rings. The molecule has 0 saturated carbocycles. The van der Waals surface area contributed by atoms with Gasteiger partial charge in [0.15, 0.2) is 5.58 Å². The summed E-state index contributed by atoms with van der Waals surface area (Å²) in [5.41, 5.74) is 5.57. The van der Waals surface area contributed by atoms with Crippen LogP contribution in [0.25, 0.3) is 11.1 Å². The number of hydrogen-bond donors (Lipinski definition) is 0. The maximum absolute atomic E-state index is 13.6. The molecule has 4 aromatic rings. The zero-order valence-electron chi connectivity index (χ0n) is 18.6. The lowest BCUT2D eigenvalue weighted by molar-refractivity contribution is -0.137. The highest BCUT2D eigenvalue weighted by molar-refractivity contribution is 5.80. The summed E-state index contributed by atoms with van der Waals surface area (Å²) in [6.45, 7) is 3.01. The molecule has 1 saturated heterocycles. The Balaban J connectivity index is 1.17. The first-order valence-corrected chi connectivity index (χ1v) is 11.8. The molecule has 2 aliphatic rings. The van der Waals surface area contributed by atoms with E-state index >= 15 is 0 Å². The second kappa shape index (κ2) is 8.39. The molecule has 5 heteroatoms. The molecule has 0 spiro atoms. The highest BCUT2D eigenvalue weighted by Crippen LogP contribution is 2.35. The molecule has 6 rings (SSSR count). The SMILES string of the molecule is O=C(C1CCN(c2nc3ccccc3o2)CC1)N1Cc2ccccc2[C@H](c2ccccc2)C1. The molecule has 0 bridgehead atoms. The summed E-state index contributed by atoms with van der Waals surface area (Å²) in [7, 11) is 0. The number of aromatic nitrogens is 1. The number of fused-ring (bicyclic) bond motifs is 2. The van der Waals surface area contributed by atoms with Gasteiger partial charge in [-0.1, -0.05) is 66.7 Å². The van der Waals surface area contributed by atoms with E-state index in [1.54, 1.807) is 0 Å². The Morgan fingerprint density at radius 2 is 1.61 bits per heavy atom. The number of amides is 1. The zero-order valence-corrected chi connectivity index (χ0v) is 18.6. The molecule has 166 valence electrons. The average molecular weight is 438 g/mol. The summed E-state index contributed by atoms with van der Waals surface area (Å²) in [4.78, 5) is 22.5. The topological polar surface area (TPSA) is 49.6 Å². The van der Waals surface area contributed by atoms with Gasteiger partial charge in [0.2, 0.25) is 5.91 Å². The van der Waals surface area contributed by atoms with Gasteiger partial charge in [0.1, 0.15) is 5.52 Å². The third-order valence-electron chi connectivity index (χ3n) is 7.11. The summed E-state index contributed by atoms with van der Waals surface area (Å²) in [5.74, 6) is 0.551. The molecule has 1 atom stereocenters. The minimum absolute atomic E-state index is 0.0484. The van der Waals surface area contributed by atoms with Crippen LogP contribution < -0.4 is 4.90 Å². The number of nitrogens with zero attached hydrogens (tertiary/aromatic N) is 3. The fraction of sp³-hybridized carbons (Fsp3) is 0.286. The van der Waals surface area contributed by atoms with Crippen molar-refractivity contribution >= 4 is 23.0 Å². The molecule has 3 heterocycles. The van der Waals surface area contributed by atoms with E-state index in [1.165, 1.54) is 16.7 Å². The van der Waals surface area contributed by atoms with Crippen LogP contribution in [0, 0.1) is 5.92 Å².